The first-order valence-electron chi connectivity index (χ1n) is 6.46. The topological polar surface area (TPSA) is 119 Å². The van der Waals surface area contributed by atoms with E-state index in [-0.39, 0.29) is 22.9 Å². The lowest BCUT2D eigenvalue weighted by atomic mass is 10.0. The normalized spacial score (nSPS) is 22.9. The van der Waals surface area contributed by atoms with Crippen LogP contribution in [-0.4, -0.2) is 37.6 Å². The zero-order valence-electron chi connectivity index (χ0n) is 11.2. The highest BCUT2D eigenvalue weighted by Crippen LogP contribution is 2.23. The van der Waals surface area contributed by atoms with Gasteiger partial charge >= 0.3 is 0 Å². The van der Waals surface area contributed by atoms with Gasteiger partial charge in [-0.2, -0.15) is 0 Å². The van der Waals surface area contributed by atoms with E-state index >= 15 is 0 Å². The minimum absolute atomic E-state index is 0.0171. The number of aromatic nitrogens is 2. The van der Waals surface area contributed by atoms with Crippen molar-refractivity contribution in [3.8, 4) is 0 Å². The van der Waals surface area contributed by atoms with Crippen LogP contribution in [0.5, 0.6) is 0 Å². The molecule has 9 heteroatoms. The number of anilines is 1. The Bertz CT molecular complexity index is 533. The summed E-state index contributed by atoms with van der Waals surface area (Å²) >= 11 is 0. The molecule has 0 saturated carbocycles. The van der Waals surface area contributed by atoms with E-state index in [0.29, 0.717) is 13.2 Å². The van der Waals surface area contributed by atoms with Crippen molar-refractivity contribution >= 4 is 16.0 Å². The minimum atomic E-state index is -3.60. The standard InChI is InChI=1S/C11H19N5O3S/c1-2-10-8(3-4-19-10)5-15-20(17,18)9-6-13-11(16-12)14-7-9/h6-8,10,15H,2-5,12H2,1H3,(H,13,14,16). The van der Waals surface area contributed by atoms with Crippen molar-refractivity contribution in [2.24, 2.45) is 11.8 Å². The molecule has 112 valence electrons. The molecule has 20 heavy (non-hydrogen) atoms. The highest BCUT2D eigenvalue weighted by Gasteiger charge is 2.28. The second-order valence-electron chi connectivity index (χ2n) is 4.60. The van der Waals surface area contributed by atoms with Crippen LogP contribution in [0.1, 0.15) is 19.8 Å². The van der Waals surface area contributed by atoms with Crippen LogP contribution in [0.2, 0.25) is 0 Å². The first-order chi connectivity index (χ1) is 9.56. The predicted octanol–water partition coefficient (Wildman–Crippen LogP) is -0.144. The van der Waals surface area contributed by atoms with Gasteiger partial charge in [-0.05, 0) is 12.8 Å². The zero-order chi connectivity index (χ0) is 14.6. The van der Waals surface area contributed by atoms with Gasteiger partial charge in [0.15, 0.2) is 0 Å². The summed E-state index contributed by atoms with van der Waals surface area (Å²) in [6.45, 7) is 3.08. The molecule has 2 unspecified atom stereocenters. The largest absolute Gasteiger partial charge is 0.378 e. The minimum Gasteiger partial charge on any atom is -0.378 e. The van der Waals surface area contributed by atoms with Crippen LogP contribution in [0, 0.1) is 5.92 Å². The van der Waals surface area contributed by atoms with E-state index in [1.165, 1.54) is 12.4 Å². The average Bonchev–Trinajstić information content (AvgIpc) is 2.93. The molecular formula is C11H19N5O3S. The van der Waals surface area contributed by atoms with Crippen molar-refractivity contribution in [3.63, 3.8) is 0 Å². The van der Waals surface area contributed by atoms with E-state index in [9.17, 15) is 8.42 Å². The van der Waals surface area contributed by atoms with Crippen LogP contribution in [0.3, 0.4) is 0 Å². The van der Waals surface area contributed by atoms with Crippen molar-refractivity contribution in [1.82, 2.24) is 14.7 Å². The van der Waals surface area contributed by atoms with Crippen LogP contribution >= 0.6 is 0 Å². The van der Waals surface area contributed by atoms with E-state index in [1.807, 2.05) is 6.92 Å². The van der Waals surface area contributed by atoms with Crippen molar-refractivity contribution in [3.05, 3.63) is 12.4 Å². The van der Waals surface area contributed by atoms with Crippen LogP contribution in [-0.2, 0) is 14.8 Å². The van der Waals surface area contributed by atoms with Gasteiger partial charge in [0.25, 0.3) is 0 Å². The van der Waals surface area contributed by atoms with Gasteiger partial charge in [0.1, 0.15) is 4.90 Å². The molecule has 1 fully saturated rings. The number of nitrogens with two attached hydrogens (primary N) is 1. The number of hydrogen-bond donors (Lipinski definition) is 3. The lowest BCUT2D eigenvalue weighted by Crippen LogP contribution is -2.33. The molecule has 2 rings (SSSR count). The second kappa shape index (κ2) is 6.44. The predicted molar refractivity (Wildman–Crippen MR) is 73.2 cm³/mol. The van der Waals surface area contributed by atoms with Crippen LogP contribution in [0.25, 0.3) is 0 Å². The summed E-state index contributed by atoms with van der Waals surface area (Å²) in [6.07, 6.45) is 4.30. The Morgan fingerprint density at radius 3 is 2.75 bits per heavy atom. The lowest BCUT2D eigenvalue weighted by Gasteiger charge is -2.17. The van der Waals surface area contributed by atoms with E-state index in [1.54, 1.807) is 0 Å². The molecule has 1 saturated heterocycles. The fourth-order valence-corrected chi connectivity index (χ4v) is 3.19. The third-order valence-corrected chi connectivity index (χ3v) is 4.73. The van der Waals surface area contributed by atoms with E-state index < -0.39 is 10.0 Å². The maximum Gasteiger partial charge on any atom is 0.243 e. The lowest BCUT2D eigenvalue weighted by molar-refractivity contribution is 0.0884. The maximum absolute atomic E-state index is 12.1. The molecule has 8 nitrogen and oxygen atoms in total. The smallest absolute Gasteiger partial charge is 0.243 e. The Morgan fingerprint density at radius 1 is 1.45 bits per heavy atom. The first kappa shape index (κ1) is 15.1. The molecule has 4 N–H and O–H groups in total. The molecule has 0 amide bonds. The molecule has 2 atom stereocenters. The Balaban J connectivity index is 1.99. The summed E-state index contributed by atoms with van der Waals surface area (Å²) in [6, 6.07) is 0. The van der Waals surface area contributed by atoms with E-state index in [2.05, 4.69) is 20.1 Å². The Morgan fingerprint density at radius 2 is 2.15 bits per heavy atom. The maximum atomic E-state index is 12.1. The first-order valence-corrected chi connectivity index (χ1v) is 7.95. The Kier molecular flexibility index (Phi) is 4.86. The summed E-state index contributed by atoms with van der Waals surface area (Å²) in [4.78, 5) is 7.58. The molecule has 1 aromatic heterocycles. The van der Waals surface area contributed by atoms with Crippen LogP contribution in [0.4, 0.5) is 5.95 Å². The van der Waals surface area contributed by atoms with E-state index in [4.69, 9.17) is 10.6 Å². The van der Waals surface area contributed by atoms with Gasteiger partial charge in [0.05, 0.1) is 18.5 Å². The van der Waals surface area contributed by atoms with Crippen molar-refractivity contribution in [2.45, 2.75) is 30.8 Å². The van der Waals surface area contributed by atoms with Crippen molar-refractivity contribution in [1.29, 1.82) is 0 Å². The van der Waals surface area contributed by atoms with Crippen molar-refractivity contribution in [2.75, 3.05) is 18.6 Å². The van der Waals surface area contributed by atoms with Crippen molar-refractivity contribution < 1.29 is 13.2 Å². The monoisotopic (exact) mass is 301 g/mol. The third kappa shape index (κ3) is 3.42. The summed E-state index contributed by atoms with van der Waals surface area (Å²) in [7, 11) is -3.60. The third-order valence-electron chi connectivity index (χ3n) is 3.35. The molecule has 2 heterocycles. The van der Waals surface area contributed by atoms with Gasteiger partial charge in [-0.25, -0.2) is 29.0 Å². The molecule has 1 aliphatic heterocycles. The number of nitrogen functional groups attached to an aromatic ring is 1. The van der Waals surface area contributed by atoms with Crippen LogP contribution in [0.15, 0.2) is 17.3 Å². The molecule has 1 aliphatic rings. The van der Waals surface area contributed by atoms with E-state index in [0.717, 1.165) is 12.8 Å². The average molecular weight is 301 g/mol. The Hall–Kier alpha value is -1.29. The summed E-state index contributed by atoms with van der Waals surface area (Å²) in [5, 5.41) is 0. The molecule has 1 aromatic rings. The highest BCUT2D eigenvalue weighted by atomic mass is 32.2. The van der Waals surface area contributed by atoms with Gasteiger partial charge in [0, 0.05) is 19.1 Å². The SMILES string of the molecule is CCC1OCCC1CNS(=O)(=O)c1cnc(NN)nc1. The number of sulfonamides is 1. The number of nitrogens with one attached hydrogen (secondary N) is 2. The quantitative estimate of drug-likeness (QED) is 0.494. The number of rotatable bonds is 6. The summed E-state index contributed by atoms with van der Waals surface area (Å²) < 4.78 is 32.3. The number of hydrazine groups is 1. The fourth-order valence-electron chi connectivity index (χ4n) is 2.21. The van der Waals surface area contributed by atoms with Gasteiger partial charge in [-0.3, -0.25) is 5.43 Å². The Labute approximate surface area is 118 Å². The van der Waals surface area contributed by atoms with Gasteiger partial charge < -0.3 is 4.74 Å². The van der Waals surface area contributed by atoms with Gasteiger partial charge in [-0.1, -0.05) is 6.92 Å². The summed E-state index contributed by atoms with van der Waals surface area (Å²) in [5.41, 5.74) is 2.24. The number of ether oxygens (including phenoxy) is 1. The molecule has 0 bridgehead atoms. The number of nitrogens with zero attached hydrogens (tertiary/aromatic N) is 2. The second-order valence-corrected chi connectivity index (χ2v) is 6.37. The zero-order valence-corrected chi connectivity index (χ0v) is 12.1. The fraction of sp³-hybridized carbons (Fsp3) is 0.636. The molecule has 0 spiro atoms. The molecule has 0 aromatic carbocycles. The van der Waals surface area contributed by atoms with Gasteiger partial charge in [0.2, 0.25) is 16.0 Å². The van der Waals surface area contributed by atoms with Crippen LogP contribution < -0.4 is 16.0 Å². The molecular weight excluding hydrogens is 282 g/mol. The number of hydrogen-bond acceptors (Lipinski definition) is 7. The highest BCUT2D eigenvalue weighted by molar-refractivity contribution is 7.89. The molecule has 0 aliphatic carbocycles. The molecule has 0 radical (unpaired) electrons. The van der Waals surface area contributed by atoms with Gasteiger partial charge in [-0.15, -0.1) is 0 Å². The summed E-state index contributed by atoms with van der Waals surface area (Å²) in [5.74, 6) is 5.50.